The largest absolute Gasteiger partial charge is 0.326 e. The molecule has 6 heteroatoms. The first kappa shape index (κ1) is 19.7. The predicted molar refractivity (Wildman–Crippen MR) is 125 cm³/mol. The SMILES string of the molecule is Cc1ccc(NC2=NC(N)(c3ccc(C)cc3)N=C(Nc3ccc(C)cc3)N2)cc1. The summed E-state index contributed by atoms with van der Waals surface area (Å²) in [7, 11) is 0. The van der Waals surface area contributed by atoms with Gasteiger partial charge in [-0.15, -0.1) is 0 Å². The van der Waals surface area contributed by atoms with E-state index in [9.17, 15) is 0 Å². The molecule has 0 aromatic heterocycles. The lowest BCUT2D eigenvalue weighted by molar-refractivity contribution is 0.486. The van der Waals surface area contributed by atoms with Gasteiger partial charge < -0.3 is 10.6 Å². The number of aliphatic imine (C=N–C) groups is 2. The molecule has 6 nitrogen and oxygen atoms in total. The van der Waals surface area contributed by atoms with Crippen LogP contribution in [0.5, 0.6) is 0 Å². The maximum atomic E-state index is 6.67. The first-order chi connectivity index (χ1) is 14.4. The van der Waals surface area contributed by atoms with Gasteiger partial charge in [0.25, 0.3) is 0 Å². The molecule has 0 saturated heterocycles. The molecule has 0 bridgehead atoms. The zero-order valence-electron chi connectivity index (χ0n) is 17.4. The van der Waals surface area contributed by atoms with Crippen LogP contribution in [0.3, 0.4) is 0 Å². The number of nitrogens with two attached hydrogens (primary N) is 1. The smallest absolute Gasteiger partial charge is 0.235 e. The van der Waals surface area contributed by atoms with Crippen LogP contribution in [-0.2, 0) is 5.79 Å². The molecule has 0 saturated carbocycles. The zero-order valence-corrected chi connectivity index (χ0v) is 17.4. The number of anilines is 2. The van der Waals surface area contributed by atoms with E-state index in [1.54, 1.807) is 0 Å². The second-order valence-corrected chi connectivity index (χ2v) is 7.62. The first-order valence-corrected chi connectivity index (χ1v) is 9.90. The summed E-state index contributed by atoms with van der Waals surface area (Å²) >= 11 is 0. The van der Waals surface area contributed by atoms with Crippen LogP contribution < -0.4 is 21.7 Å². The Bertz CT molecular complexity index is 1020. The van der Waals surface area contributed by atoms with Crippen LogP contribution in [0.2, 0.25) is 0 Å². The van der Waals surface area contributed by atoms with Crippen molar-refractivity contribution in [2.24, 2.45) is 15.7 Å². The van der Waals surface area contributed by atoms with Crippen LogP contribution in [0.25, 0.3) is 0 Å². The van der Waals surface area contributed by atoms with Gasteiger partial charge in [-0.1, -0.05) is 65.2 Å². The molecular weight excluding hydrogens is 372 g/mol. The Morgan fingerprint density at radius 1 is 0.633 bits per heavy atom. The van der Waals surface area contributed by atoms with Crippen LogP contribution >= 0.6 is 0 Å². The molecule has 0 fully saturated rings. The van der Waals surface area contributed by atoms with Crippen molar-refractivity contribution in [3.8, 4) is 0 Å². The fraction of sp³-hybridized carbons (Fsp3) is 0.167. The number of hydrogen-bond donors (Lipinski definition) is 4. The second kappa shape index (κ2) is 8.00. The van der Waals surface area contributed by atoms with E-state index in [-0.39, 0.29) is 0 Å². The van der Waals surface area contributed by atoms with Crippen molar-refractivity contribution in [2.45, 2.75) is 26.6 Å². The average Bonchev–Trinajstić information content (AvgIpc) is 2.71. The van der Waals surface area contributed by atoms with Gasteiger partial charge in [0.05, 0.1) is 0 Å². The summed E-state index contributed by atoms with van der Waals surface area (Å²) in [5.74, 6) is -0.211. The average molecular weight is 399 g/mol. The monoisotopic (exact) mass is 398 g/mol. The first-order valence-electron chi connectivity index (χ1n) is 9.90. The molecule has 0 radical (unpaired) electrons. The van der Waals surface area contributed by atoms with Crippen LogP contribution in [-0.4, -0.2) is 11.9 Å². The maximum Gasteiger partial charge on any atom is 0.235 e. The number of nitrogens with one attached hydrogen (secondary N) is 3. The molecule has 3 aromatic rings. The highest BCUT2D eigenvalue weighted by molar-refractivity contribution is 6.11. The lowest BCUT2D eigenvalue weighted by atomic mass is 10.1. The van der Waals surface area contributed by atoms with Crippen LogP contribution in [0.4, 0.5) is 11.4 Å². The van der Waals surface area contributed by atoms with Gasteiger partial charge >= 0.3 is 0 Å². The van der Waals surface area contributed by atoms with Crippen molar-refractivity contribution in [2.75, 3.05) is 10.6 Å². The van der Waals surface area contributed by atoms with Gasteiger partial charge in [0.2, 0.25) is 17.7 Å². The van der Waals surface area contributed by atoms with Gasteiger partial charge in [-0.25, -0.2) is 9.98 Å². The van der Waals surface area contributed by atoms with Gasteiger partial charge in [0.15, 0.2) is 0 Å². The molecule has 3 aromatic carbocycles. The van der Waals surface area contributed by atoms with Crippen molar-refractivity contribution in [3.05, 3.63) is 95.1 Å². The molecule has 0 atom stereocenters. The highest BCUT2D eigenvalue weighted by Crippen LogP contribution is 2.25. The summed E-state index contributed by atoms with van der Waals surface area (Å²) < 4.78 is 0. The molecule has 1 aliphatic heterocycles. The summed E-state index contributed by atoms with van der Waals surface area (Å²) in [5, 5.41) is 9.83. The quantitative estimate of drug-likeness (QED) is 0.532. The Kier molecular flexibility index (Phi) is 5.25. The highest BCUT2D eigenvalue weighted by atomic mass is 15.4. The molecule has 152 valence electrons. The second-order valence-electron chi connectivity index (χ2n) is 7.62. The molecule has 1 heterocycles. The summed E-state index contributed by atoms with van der Waals surface area (Å²) in [6.07, 6.45) is 0. The van der Waals surface area contributed by atoms with E-state index in [0.717, 1.165) is 22.5 Å². The van der Waals surface area contributed by atoms with Crippen molar-refractivity contribution in [1.82, 2.24) is 5.32 Å². The van der Waals surface area contributed by atoms with Gasteiger partial charge in [-0.3, -0.25) is 11.1 Å². The topological polar surface area (TPSA) is 86.8 Å². The number of benzene rings is 3. The van der Waals surface area contributed by atoms with E-state index in [1.165, 1.54) is 11.1 Å². The van der Waals surface area contributed by atoms with E-state index in [2.05, 4.69) is 39.8 Å². The molecule has 0 spiro atoms. The van der Waals surface area contributed by atoms with E-state index in [0.29, 0.717) is 11.9 Å². The molecule has 0 amide bonds. The van der Waals surface area contributed by atoms with Crippen molar-refractivity contribution in [3.63, 3.8) is 0 Å². The number of nitrogens with zero attached hydrogens (tertiary/aromatic N) is 2. The summed E-state index contributed by atoms with van der Waals surface area (Å²) in [5.41, 5.74) is 12.8. The van der Waals surface area contributed by atoms with E-state index < -0.39 is 5.79 Å². The zero-order chi connectivity index (χ0) is 21.1. The van der Waals surface area contributed by atoms with Gasteiger partial charge in [0.1, 0.15) is 0 Å². The summed E-state index contributed by atoms with van der Waals surface area (Å²) in [4.78, 5) is 9.36. The summed E-state index contributed by atoms with van der Waals surface area (Å²) in [6.45, 7) is 6.15. The minimum absolute atomic E-state index is 0.520. The third kappa shape index (κ3) is 4.50. The maximum absolute atomic E-state index is 6.67. The number of aryl methyl sites for hydroxylation is 3. The lowest BCUT2D eigenvalue weighted by Crippen LogP contribution is -2.50. The van der Waals surface area contributed by atoms with E-state index >= 15 is 0 Å². The number of guanidine groups is 2. The fourth-order valence-electron chi connectivity index (χ4n) is 3.13. The Morgan fingerprint density at radius 2 is 1.00 bits per heavy atom. The number of rotatable bonds is 3. The Hall–Kier alpha value is -3.64. The fourth-order valence-corrected chi connectivity index (χ4v) is 3.13. The number of hydrogen-bond acceptors (Lipinski definition) is 6. The van der Waals surface area contributed by atoms with Crippen LogP contribution in [0.1, 0.15) is 22.3 Å². The molecule has 0 unspecified atom stereocenters. The molecule has 4 rings (SSSR count). The van der Waals surface area contributed by atoms with Crippen LogP contribution in [0.15, 0.2) is 82.8 Å². The summed E-state index contributed by atoms with van der Waals surface area (Å²) in [6, 6.07) is 24.1. The van der Waals surface area contributed by atoms with E-state index in [1.807, 2.05) is 79.7 Å². The van der Waals surface area contributed by atoms with Gasteiger partial charge in [-0.05, 0) is 45.0 Å². The van der Waals surface area contributed by atoms with Crippen molar-refractivity contribution in [1.29, 1.82) is 0 Å². The predicted octanol–water partition coefficient (Wildman–Crippen LogP) is 4.22. The van der Waals surface area contributed by atoms with Gasteiger partial charge in [-0.2, -0.15) is 0 Å². The Balaban J connectivity index is 1.67. The Morgan fingerprint density at radius 3 is 1.40 bits per heavy atom. The molecular formula is C24H26N6. The molecule has 30 heavy (non-hydrogen) atoms. The third-order valence-corrected chi connectivity index (χ3v) is 4.91. The Labute approximate surface area is 177 Å². The minimum atomic E-state index is -1.25. The lowest BCUT2D eigenvalue weighted by Gasteiger charge is -2.29. The van der Waals surface area contributed by atoms with Gasteiger partial charge in [0, 0.05) is 16.9 Å². The van der Waals surface area contributed by atoms with E-state index in [4.69, 9.17) is 5.73 Å². The van der Waals surface area contributed by atoms with Crippen molar-refractivity contribution < 1.29 is 0 Å². The third-order valence-electron chi connectivity index (χ3n) is 4.91. The van der Waals surface area contributed by atoms with Crippen LogP contribution in [0, 0.1) is 20.8 Å². The molecule has 5 N–H and O–H groups in total. The normalized spacial score (nSPS) is 14.9. The highest BCUT2D eigenvalue weighted by Gasteiger charge is 2.31. The standard InChI is InChI=1S/C24H26N6/c1-16-4-10-19(11-5-16)24(25)29-22(26-20-12-6-17(2)7-13-20)28-23(30-24)27-21-14-8-18(3)9-15-21/h4-15H,25H2,1-3H3,(H3,26,27,28,29,30). The minimum Gasteiger partial charge on any atom is -0.326 e. The van der Waals surface area contributed by atoms with Crippen molar-refractivity contribution >= 4 is 23.3 Å². The molecule has 1 aliphatic rings. The molecule has 0 aliphatic carbocycles.